The van der Waals surface area contributed by atoms with E-state index in [1.165, 1.54) is 0 Å². The fourth-order valence-electron chi connectivity index (χ4n) is 6.08. The second kappa shape index (κ2) is 5.96. The van der Waals surface area contributed by atoms with Crippen LogP contribution in [0.1, 0.15) is 60.8 Å². The molecule has 2 N–H and O–H groups in total. The van der Waals surface area contributed by atoms with Crippen LogP contribution in [0.5, 0.6) is 0 Å². The average molecular weight is 371 g/mol. The van der Waals surface area contributed by atoms with Crippen LogP contribution >= 0.6 is 0 Å². The summed E-state index contributed by atoms with van der Waals surface area (Å²) >= 11 is 0. The van der Waals surface area contributed by atoms with E-state index in [1.807, 2.05) is 0 Å². The highest BCUT2D eigenvalue weighted by Crippen LogP contribution is 2.68. The number of ketones is 2. The third-order valence-corrected chi connectivity index (χ3v) is 8.08. The number of nitrogens with one attached hydrogen (secondary N) is 2. The van der Waals surface area contributed by atoms with E-state index in [0.717, 1.165) is 54.9 Å². The molecule has 148 valence electrons. The minimum atomic E-state index is 0.305. The second-order valence-corrected chi connectivity index (χ2v) is 10.4. The molecule has 0 radical (unpaired) electrons. The molecule has 4 rings (SSSR count). The Morgan fingerprint density at radius 2 is 1.19 bits per heavy atom. The van der Waals surface area contributed by atoms with Crippen molar-refractivity contribution in [2.75, 3.05) is 13.1 Å². The largest absolute Gasteiger partial charge is 0.388 e. The molecule has 0 spiro atoms. The van der Waals surface area contributed by atoms with Crippen molar-refractivity contribution in [1.82, 2.24) is 10.6 Å². The minimum absolute atomic E-state index is 0.305. The Morgan fingerprint density at radius 1 is 0.815 bits per heavy atom. The zero-order chi connectivity index (χ0) is 19.7. The molecule has 0 aliphatic heterocycles. The molecule has 4 heteroatoms. The van der Waals surface area contributed by atoms with E-state index in [9.17, 15) is 9.59 Å². The molecule has 0 unspecified atom stereocenters. The predicted molar refractivity (Wildman–Crippen MR) is 107 cm³/mol. The Bertz CT molecular complexity index is 707. The number of Topliss-reactive ketones (excluding diaryl/α,β-unsaturated/α-hetero) is 2. The van der Waals surface area contributed by atoms with Crippen LogP contribution in [-0.4, -0.2) is 24.7 Å². The van der Waals surface area contributed by atoms with E-state index < -0.39 is 0 Å². The van der Waals surface area contributed by atoms with Gasteiger partial charge in [-0.2, -0.15) is 0 Å². The summed E-state index contributed by atoms with van der Waals surface area (Å²) in [5.74, 6) is 2.74. The van der Waals surface area contributed by atoms with Crippen LogP contribution in [0.3, 0.4) is 0 Å². The van der Waals surface area contributed by atoms with Crippen LogP contribution in [0.15, 0.2) is 22.5 Å². The number of allylic oxidation sites excluding steroid dienone is 4. The van der Waals surface area contributed by atoms with Gasteiger partial charge in [0.2, 0.25) is 0 Å². The fraction of sp³-hybridized carbons (Fsp3) is 0.739. The molecule has 4 nitrogen and oxygen atoms in total. The molecule has 0 aromatic rings. The number of carbonyl (C=O) groups excluding carboxylic acids is 2. The molecule has 0 heterocycles. The van der Waals surface area contributed by atoms with E-state index in [0.29, 0.717) is 46.1 Å². The van der Waals surface area contributed by atoms with Crippen molar-refractivity contribution in [3.8, 4) is 0 Å². The van der Waals surface area contributed by atoms with E-state index in [2.05, 4.69) is 52.2 Å². The molecule has 27 heavy (non-hydrogen) atoms. The maximum absolute atomic E-state index is 12.2. The zero-order valence-electron chi connectivity index (χ0n) is 17.7. The van der Waals surface area contributed by atoms with Gasteiger partial charge in [-0.05, 0) is 54.8 Å². The van der Waals surface area contributed by atoms with Crippen LogP contribution < -0.4 is 10.6 Å². The summed E-state index contributed by atoms with van der Waals surface area (Å²) < 4.78 is 0. The Kier molecular flexibility index (Phi) is 4.14. The number of hydrogen-bond acceptors (Lipinski definition) is 4. The lowest BCUT2D eigenvalue weighted by Gasteiger charge is -2.16. The Balaban J connectivity index is 1.27. The molecule has 0 aromatic carbocycles. The van der Waals surface area contributed by atoms with Gasteiger partial charge in [0, 0.05) is 48.5 Å². The highest BCUT2D eigenvalue weighted by Gasteiger charge is 2.66. The summed E-state index contributed by atoms with van der Waals surface area (Å²) in [6.07, 6.45) is 2.42. The molecule has 0 amide bonds. The molecule has 4 saturated carbocycles. The van der Waals surface area contributed by atoms with E-state index in [4.69, 9.17) is 0 Å². The van der Waals surface area contributed by atoms with Crippen LogP contribution in [0.25, 0.3) is 0 Å². The summed E-state index contributed by atoms with van der Waals surface area (Å²) in [6, 6.07) is 0. The standard InChI is InChI=1S/C23H34N2O2/c1-12(18-16(26)10-14-20(18)22(14,3)4)24-8-7-9-25-13(2)19-17(27)11-15-21(19)23(15,5)6/h14-15,20-21,24-25H,7-11H2,1-6H3/b18-12+,19-13+/t14-,15-,20-,21-/m1/s1. The minimum Gasteiger partial charge on any atom is -0.388 e. The third-order valence-electron chi connectivity index (χ3n) is 8.08. The van der Waals surface area contributed by atoms with Crippen LogP contribution in [0, 0.1) is 34.5 Å². The van der Waals surface area contributed by atoms with Crippen LogP contribution in [-0.2, 0) is 9.59 Å². The first-order valence-corrected chi connectivity index (χ1v) is 10.5. The van der Waals surface area contributed by atoms with Crippen molar-refractivity contribution in [1.29, 1.82) is 0 Å². The highest BCUT2D eigenvalue weighted by atomic mass is 16.1. The highest BCUT2D eigenvalue weighted by molar-refractivity contribution is 6.01. The van der Waals surface area contributed by atoms with E-state index in [-0.39, 0.29) is 0 Å². The van der Waals surface area contributed by atoms with Crippen molar-refractivity contribution < 1.29 is 9.59 Å². The van der Waals surface area contributed by atoms with Gasteiger partial charge in [-0.15, -0.1) is 0 Å². The summed E-state index contributed by atoms with van der Waals surface area (Å²) in [4.78, 5) is 24.5. The van der Waals surface area contributed by atoms with Gasteiger partial charge in [-0.3, -0.25) is 9.59 Å². The quantitative estimate of drug-likeness (QED) is 0.554. The van der Waals surface area contributed by atoms with E-state index >= 15 is 0 Å². The SMILES string of the molecule is C/C(NCCCN/C(C)=C1\C(=O)C[C@@H]2[C@H]1C2(C)C)=C1/C(=O)C[C@@H]2[C@H]1C2(C)C. The summed E-state index contributed by atoms with van der Waals surface area (Å²) in [7, 11) is 0. The number of fused-ring (bicyclic) bond motifs is 2. The predicted octanol–water partition coefficient (Wildman–Crippen LogP) is 3.59. The first-order chi connectivity index (χ1) is 12.6. The van der Waals surface area contributed by atoms with Gasteiger partial charge in [-0.25, -0.2) is 0 Å². The Morgan fingerprint density at radius 3 is 1.52 bits per heavy atom. The molecule has 4 aliphatic carbocycles. The lowest BCUT2D eigenvalue weighted by Crippen LogP contribution is -2.24. The van der Waals surface area contributed by atoms with Crippen molar-refractivity contribution in [3.05, 3.63) is 22.5 Å². The van der Waals surface area contributed by atoms with Gasteiger partial charge in [0.15, 0.2) is 11.6 Å². The van der Waals surface area contributed by atoms with Gasteiger partial charge >= 0.3 is 0 Å². The third kappa shape index (κ3) is 2.78. The lowest BCUT2D eigenvalue weighted by atomic mass is 9.95. The second-order valence-electron chi connectivity index (χ2n) is 10.4. The monoisotopic (exact) mass is 370 g/mol. The average Bonchev–Trinajstić information content (AvgIpc) is 3.08. The zero-order valence-corrected chi connectivity index (χ0v) is 17.7. The maximum Gasteiger partial charge on any atom is 0.161 e. The summed E-state index contributed by atoms with van der Waals surface area (Å²) in [6.45, 7) is 14.9. The molecular weight excluding hydrogens is 336 g/mol. The number of rotatable bonds is 6. The number of hydrogen-bond donors (Lipinski definition) is 2. The molecule has 4 aliphatic rings. The molecule has 0 bridgehead atoms. The van der Waals surface area contributed by atoms with Gasteiger partial charge < -0.3 is 10.6 Å². The molecule has 4 atom stereocenters. The summed E-state index contributed by atoms with van der Waals surface area (Å²) in [5.41, 5.74) is 4.85. The molecule has 4 fully saturated rings. The first-order valence-electron chi connectivity index (χ1n) is 10.5. The van der Waals surface area contributed by atoms with Gasteiger partial charge in [0.1, 0.15) is 0 Å². The molecule has 0 aromatic heterocycles. The smallest absolute Gasteiger partial charge is 0.161 e. The fourth-order valence-corrected chi connectivity index (χ4v) is 6.08. The summed E-state index contributed by atoms with van der Waals surface area (Å²) in [5, 5.41) is 6.94. The van der Waals surface area contributed by atoms with Crippen molar-refractivity contribution in [3.63, 3.8) is 0 Å². The Labute approximate surface area is 163 Å². The molecule has 0 saturated heterocycles. The van der Waals surface area contributed by atoms with Gasteiger partial charge in [-0.1, -0.05) is 27.7 Å². The Hall–Kier alpha value is -1.58. The molecular formula is C23H34N2O2. The van der Waals surface area contributed by atoms with Crippen LogP contribution in [0.4, 0.5) is 0 Å². The van der Waals surface area contributed by atoms with Crippen molar-refractivity contribution in [2.24, 2.45) is 34.5 Å². The van der Waals surface area contributed by atoms with Crippen LogP contribution in [0.2, 0.25) is 0 Å². The van der Waals surface area contributed by atoms with Crippen molar-refractivity contribution >= 4 is 11.6 Å². The van der Waals surface area contributed by atoms with Crippen molar-refractivity contribution in [2.45, 2.75) is 60.8 Å². The first kappa shape index (κ1) is 18.8. The topological polar surface area (TPSA) is 58.2 Å². The normalized spacial score (nSPS) is 38.3. The number of carbonyl (C=O) groups is 2. The van der Waals surface area contributed by atoms with Gasteiger partial charge in [0.05, 0.1) is 0 Å². The lowest BCUT2D eigenvalue weighted by molar-refractivity contribution is -0.116. The van der Waals surface area contributed by atoms with Gasteiger partial charge in [0.25, 0.3) is 0 Å². The maximum atomic E-state index is 12.2. The van der Waals surface area contributed by atoms with E-state index in [1.54, 1.807) is 0 Å².